The monoisotopic (exact) mass is 372 g/mol. The van der Waals surface area contributed by atoms with E-state index in [-0.39, 0.29) is 0 Å². The molecule has 0 bridgehead atoms. The summed E-state index contributed by atoms with van der Waals surface area (Å²) in [4.78, 5) is 4.45. The van der Waals surface area contributed by atoms with Crippen LogP contribution >= 0.6 is 0 Å². The van der Waals surface area contributed by atoms with Crippen LogP contribution in [0.4, 0.5) is 0 Å². The molecule has 3 nitrogen and oxygen atoms in total. The molecular formula is C26H16N2O. The highest BCUT2D eigenvalue weighted by atomic mass is 16.5. The van der Waals surface area contributed by atoms with Gasteiger partial charge in [-0.05, 0) is 51.6 Å². The van der Waals surface area contributed by atoms with Crippen molar-refractivity contribution in [3.63, 3.8) is 0 Å². The number of aromatic nitrogens is 2. The highest BCUT2D eigenvalue weighted by Crippen LogP contribution is 2.37. The second-order valence-electron chi connectivity index (χ2n) is 7.15. The molecule has 136 valence electrons. The van der Waals surface area contributed by atoms with E-state index >= 15 is 0 Å². The average Bonchev–Trinajstić information content (AvgIpc) is 3.24. The fourth-order valence-electron chi connectivity index (χ4n) is 4.03. The molecule has 0 spiro atoms. The van der Waals surface area contributed by atoms with E-state index in [0.29, 0.717) is 0 Å². The molecule has 0 saturated carbocycles. The van der Waals surface area contributed by atoms with Crippen molar-refractivity contribution in [2.24, 2.45) is 0 Å². The first-order chi connectivity index (χ1) is 14.4. The number of rotatable bonds is 2. The Hall–Kier alpha value is -3.98. The van der Waals surface area contributed by atoms with Crippen LogP contribution in [-0.4, -0.2) is 10.1 Å². The highest BCUT2D eigenvalue weighted by molar-refractivity contribution is 6.20. The third kappa shape index (κ3) is 2.52. The van der Waals surface area contributed by atoms with E-state index in [2.05, 4.69) is 76.9 Å². The lowest BCUT2D eigenvalue weighted by Gasteiger charge is -2.08. The van der Waals surface area contributed by atoms with Gasteiger partial charge in [0.2, 0.25) is 0 Å². The molecule has 0 radical (unpaired) electrons. The summed E-state index contributed by atoms with van der Waals surface area (Å²) in [6, 6.07) is 31.4. The molecule has 0 aliphatic heterocycles. The molecule has 3 heteroatoms. The number of hydrogen-bond donors (Lipinski definition) is 0. The van der Waals surface area contributed by atoms with E-state index in [4.69, 9.17) is 4.52 Å². The molecule has 29 heavy (non-hydrogen) atoms. The van der Waals surface area contributed by atoms with Gasteiger partial charge in [-0.1, -0.05) is 71.9 Å². The van der Waals surface area contributed by atoms with Crippen LogP contribution in [0.2, 0.25) is 0 Å². The van der Waals surface area contributed by atoms with Crippen molar-refractivity contribution in [3.8, 4) is 22.5 Å². The number of nitrogens with zero attached hydrogens (tertiary/aromatic N) is 2. The molecule has 0 aliphatic rings. The largest absolute Gasteiger partial charge is 0.355 e. The van der Waals surface area contributed by atoms with Crippen LogP contribution in [0.1, 0.15) is 0 Å². The minimum absolute atomic E-state index is 0.777. The Morgan fingerprint density at radius 3 is 2.28 bits per heavy atom. The standard InChI is InChI=1S/C26H16N2O/c1-2-6-17(7-3-1)20-12-10-18-9-11-19-13-14-21-25(23-8-4-5-15-27-23)28-29-26(21)24(19)22(18)16-20/h1-16H. The summed E-state index contributed by atoms with van der Waals surface area (Å²) in [6.45, 7) is 0. The lowest BCUT2D eigenvalue weighted by molar-refractivity contribution is 0.461. The number of hydrogen-bond acceptors (Lipinski definition) is 3. The van der Waals surface area contributed by atoms with E-state index in [1.165, 1.54) is 16.5 Å². The van der Waals surface area contributed by atoms with E-state index in [0.717, 1.165) is 38.5 Å². The molecule has 6 aromatic rings. The minimum atomic E-state index is 0.777. The van der Waals surface area contributed by atoms with Crippen molar-refractivity contribution in [2.45, 2.75) is 0 Å². The molecule has 0 fully saturated rings. The predicted octanol–water partition coefficient (Wildman–Crippen LogP) is 6.86. The Morgan fingerprint density at radius 2 is 1.41 bits per heavy atom. The molecule has 6 rings (SSSR count). The smallest absolute Gasteiger partial charge is 0.176 e. The summed E-state index contributed by atoms with van der Waals surface area (Å²) in [6.07, 6.45) is 1.78. The zero-order chi connectivity index (χ0) is 19.2. The summed E-state index contributed by atoms with van der Waals surface area (Å²) < 4.78 is 5.88. The molecule has 2 heterocycles. The Morgan fingerprint density at radius 1 is 0.621 bits per heavy atom. The van der Waals surface area contributed by atoms with Crippen molar-refractivity contribution in [2.75, 3.05) is 0 Å². The molecule has 4 aromatic carbocycles. The van der Waals surface area contributed by atoms with Gasteiger partial charge in [0.1, 0.15) is 5.69 Å². The van der Waals surface area contributed by atoms with Crippen molar-refractivity contribution < 1.29 is 4.52 Å². The molecule has 0 atom stereocenters. The molecule has 0 N–H and O–H groups in total. The zero-order valence-electron chi connectivity index (χ0n) is 15.5. The lowest BCUT2D eigenvalue weighted by Crippen LogP contribution is -1.84. The van der Waals surface area contributed by atoms with Crippen LogP contribution in [-0.2, 0) is 0 Å². The van der Waals surface area contributed by atoms with Crippen LogP contribution in [0.15, 0.2) is 102 Å². The SMILES string of the molecule is c1ccc(-c2ccc3ccc4ccc5c(-c6ccccn6)noc5c4c3c2)cc1. The van der Waals surface area contributed by atoms with Gasteiger partial charge >= 0.3 is 0 Å². The quantitative estimate of drug-likeness (QED) is 0.312. The summed E-state index contributed by atoms with van der Waals surface area (Å²) in [5, 5.41) is 9.92. The van der Waals surface area contributed by atoms with Gasteiger partial charge in [0.25, 0.3) is 0 Å². The van der Waals surface area contributed by atoms with Gasteiger partial charge in [-0.2, -0.15) is 0 Å². The number of benzene rings is 4. The average molecular weight is 372 g/mol. The summed E-state index contributed by atoms with van der Waals surface area (Å²) in [7, 11) is 0. The van der Waals surface area contributed by atoms with Gasteiger partial charge in [0.05, 0.1) is 11.1 Å². The Kier molecular flexibility index (Phi) is 3.47. The van der Waals surface area contributed by atoms with Crippen LogP contribution < -0.4 is 0 Å². The van der Waals surface area contributed by atoms with E-state index in [1.54, 1.807) is 6.20 Å². The molecule has 0 amide bonds. The summed E-state index contributed by atoms with van der Waals surface area (Å²) in [5.74, 6) is 0. The van der Waals surface area contributed by atoms with Crippen molar-refractivity contribution in [1.29, 1.82) is 0 Å². The van der Waals surface area contributed by atoms with Gasteiger partial charge < -0.3 is 4.52 Å². The third-order valence-electron chi connectivity index (χ3n) is 5.45. The first-order valence-corrected chi connectivity index (χ1v) is 9.60. The van der Waals surface area contributed by atoms with E-state index in [1.807, 2.05) is 24.3 Å². The van der Waals surface area contributed by atoms with Crippen LogP contribution in [0, 0.1) is 0 Å². The van der Waals surface area contributed by atoms with E-state index < -0.39 is 0 Å². The topological polar surface area (TPSA) is 38.9 Å². The van der Waals surface area contributed by atoms with Gasteiger partial charge in [-0.15, -0.1) is 0 Å². The van der Waals surface area contributed by atoms with Gasteiger partial charge in [-0.3, -0.25) is 4.98 Å². The van der Waals surface area contributed by atoms with Gasteiger partial charge in [0.15, 0.2) is 5.58 Å². The highest BCUT2D eigenvalue weighted by Gasteiger charge is 2.16. The maximum absolute atomic E-state index is 5.88. The minimum Gasteiger partial charge on any atom is -0.355 e. The second kappa shape index (κ2) is 6.28. The fourth-order valence-corrected chi connectivity index (χ4v) is 4.03. The maximum Gasteiger partial charge on any atom is 0.176 e. The maximum atomic E-state index is 5.88. The normalized spacial score (nSPS) is 11.4. The molecular weight excluding hydrogens is 356 g/mol. The van der Waals surface area contributed by atoms with Crippen LogP contribution in [0.5, 0.6) is 0 Å². The van der Waals surface area contributed by atoms with Crippen molar-refractivity contribution in [1.82, 2.24) is 10.1 Å². The lowest BCUT2D eigenvalue weighted by atomic mass is 9.96. The first kappa shape index (κ1) is 16.0. The van der Waals surface area contributed by atoms with Crippen LogP contribution in [0.3, 0.4) is 0 Å². The molecule has 0 unspecified atom stereocenters. The molecule has 0 saturated heterocycles. The van der Waals surface area contributed by atoms with Gasteiger partial charge in [0, 0.05) is 11.6 Å². The Bertz CT molecular complexity index is 1490. The number of fused-ring (bicyclic) bond motifs is 5. The molecule has 0 aliphatic carbocycles. The van der Waals surface area contributed by atoms with Crippen molar-refractivity contribution >= 4 is 32.5 Å². The third-order valence-corrected chi connectivity index (χ3v) is 5.45. The first-order valence-electron chi connectivity index (χ1n) is 9.60. The summed E-state index contributed by atoms with van der Waals surface area (Å²) >= 11 is 0. The fraction of sp³-hybridized carbons (Fsp3) is 0. The second-order valence-corrected chi connectivity index (χ2v) is 7.15. The number of pyridine rings is 1. The Balaban J connectivity index is 1.68. The molecule has 2 aromatic heterocycles. The van der Waals surface area contributed by atoms with Crippen molar-refractivity contribution in [3.05, 3.63) is 97.2 Å². The summed E-state index contributed by atoms with van der Waals surface area (Å²) in [5.41, 5.74) is 4.78. The van der Waals surface area contributed by atoms with Crippen LogP contribution in [0.25, 0.3) is 55.0 Å². The van der Waals surface area contributed by atoms with Gasteiger partial charge in [-0.25, -0.2) is 0 Å². The predicted molar refractivity (Wildman–Crippen MR) is 118 cm³/mol. The Labute approximate surface area is 167 Å². The zero-order valence-corrected chi connectivity index (χ0v) is 15.5. The van der Waals surface area contributed by atoms with E-state index in [9.17, 15) is 0 Å².